The molecule has 5 nitrogen and oxygen atoms in total. The first-order chi connectivity index (χ1) is 14.2. The van der Waals surface area contributed by atoms with E-state index in [9.17, 15) is 4.79 Å². The molecule has 1 fully saturated rings. The zero-order chi connectivity index (χ0) is 20.1. The number of nitrogens with zero attached hydrogens (tertiary/aromatic N) is 2. The molecular weight excluding hydrogens is 362 g/mol. The molecule has 5 heteroatoms. The van der Waals surface area contributed by atoms with Gasteiger partial charge in [-0.2, -0.15) is 0 Å². The van der Waals surface area contributed by atoms with Crippen LogP contribution in [0.15, 0.2) is 65.2 Å². The number of oxazole rings is 1. The van der Waals surface area contributed by atoms with Gasteiger partial charge in [0.1, 0.15) is 0 Å². The van der Waals surface area contributed by atoms with Crippen LogP contribution in [0.3, 0.4) is 0 Å². The Hall–Kier alpha value is -2.92. The number of hydrogen-bond donors (Lipinski definition) is 1. The zero-order valence-electron chi connectivity index (χ0n) is 16.8. The fraction of sp³-hybridized carbons (Fsp3) is 0.333. The van der Waals surface area contributed by atoms with Gasteiger partial charge in [0.2, 0.25) is 5.91 Å². The predicted octanol–water partition coefficient (Wildman–Crippen LogP) is 4.01. The lowest BCUT2D eigenvalue weighted by molar-refractivity contribution is -0.134. The highest BCUT2D eigenvalue weighted by Crippen LogP contribution is 2.25. The summed E-state index contributed by atoms with van der Waals surface area (Å²) in [5, 5.41) is 3.42. The van der Waals surface area contributed by atoms with E-state index in [1.54, 1.807) is 6.20 Å². The predicted molar refractivity (Wildman–Crippen MR) is 113 cm³/mol. The lowest BCUT2D eigenvalue weighted by Crippen LogP contribution is -2.48. The number of amides is 1. The number of aromatic nitrogens is 1. The van der Waals surface area contributed by atoms with Crippen molar-refractivity contribution < 1.29 is 9.21 Å². The van der Waals surface area contributed by atoms with Gasteiger partial charge in [0.25, 0.3) is 0 Å². The number of hydrogen-bond acceptors (Lipinski definition) is 4. The number of benzene rings is 2. The van der Waals surface area contributed by atoms with Crippen LogP contribution >= 0.6 is 0 Å². The number of aryl methyl sites for hydroxylation is 2. The van der Waals surface area contributed by atoms with Crippen LogP contribution in [-0.2, 0) is 17.6 Å². The van der Waals surface area contributed by atoms with Gasteiger partial charge in [-0.1, -0.05) is 61.5 Å². The van der Waals surface area contributed by atoms with Crippen molar-refractivity contribution in [2.75, 3.05) is 19.6 Å². The molecular formula is C24H27N3O2. The molecule has 0 radical (unpaired) electrons. The Balaban J connectivity index is 1.40. The van der Waals surface area contributed by atoms with Crippen LogP contribution in [0.1, 0.15) is 36.4 Å². The Labute approximate surface area is 171 Å². The molecule has 1 atom stereocenters. The molecule has 1 amide bonds. The molecule has 2 aromatic carbocycles. The maximum Gasteiger partial charge on any atom is 0.223 e. The van der Waals surface area contributed by atoms with Crippen LogP contribution in [0, 0.1) is 0 Å². The Morgan fingerprint density at radius 3 is 2.72 bits per heavy atom. The molecule has 150 valence electrons. The molecule has 3 aromatic rings. The van der Waals surface area contributed by atoms with E-state index in [1.807, 2.05) is 35.2 Å². The maximum atomic E-state index is 13.0. The first-order valence-electron chi connectivity index (χ1n) is 10.3. The Morgan fingerprint density at radius 2 is 1.97 bits per heavy atom. The average molecular weight is 389 g/mol. The van der Waals surface area contributed by atoms with Crippen LogP contribution in [0.2, 0.25) is 0 Å². The third kappa shape index (κ3) is 4.57. The number of carbonyl (C=O) groups excluding carboxylic acids is 1. The molecule has 4 rings (SSSR count). The molecule has 1 saturated heterocycles. The van der Waals surface area contributed by atoms with Gasteiger partial charge in [-0.25, -0.2) is 4.98 Å². The monoisotopic (exact) mass is 389 g/mol. The smallest absolute Gasteiger partial charge is 0.223 e. The van der Waals surface area contributed by atoms with Crippen molar-refractivity contribution in [2.45, 2.75) is 32.2 Å². The summed E-state index contributed by atoms with van der Waals surface area (Å²) in [5.74, 6) is 1.50. The van der Waals surface area contributed by atoms with Crippen molar-refractivity contribution in [2.24, 2.45) is 0 Å². The van der Waals surface area contributed by atoms with Gasteiger partial charge in [-0.15, -0.1) is 0 Å². The number of carbonyl (C=O) groups is 1. The van der Waals surface area contributed by atoms with Crippen molar-refractivity contribution in [1.82, 2.24) is 15.2 Å². The SMILES string of the molecule is CCc1ccc(C2CNCCN2C(=O)CCc2ncc(-c3ccccc3)o2)cc1. The van der Waals surface area contributed by atoms with Gasteiger partial charge in [0.05, 0.1) is 12.2 Å². The number of nitrogens with one attached hydrogen (secondary N) is 1. The summed E-state index contributed by atoms with van der Waals surface area (Å²) in [6.07, 6.45) is 3.67. The first kappa shape index (κ1) is 19.4. The standard InChI is InChI=1S/C24H27N3O2/c1-2-18-8-10-19(11-9-18)21-16-25-14-15-27(21)24(28)13-12-23-26-17-22(29-23)20-6-4-3-5-7-20/h3-11,17,21,25H,2,12-16H2,1H3. The molecule has 0 aliphatic carbocycles. The normalized spacial score (nSPS) is 16.7. The number of rotatable bonds is 6. The van der Waals surface area contributed by atoms with Crippen LogP contribution in [0.5, 0.6) is 0 Å². The van der Waals surface area contributed by atoms with E-state index in [4.69, 9.17) is 4.42 Å². The second-order valence-corrected chi connectivity index (χ2v) is 7.39. The van der Waals surface area contributed by atoms with E-state index in [2.05, 4.69) is 41.5 Å². The Kier molecular flexibility index (Phi) is 6.06. The third-order valence-corrected chi connectivity index (χ3v) is 5.50. The summed E-state index contributed by atoms with van der Waals surface area (Å²) in [5.41, 5.74) is 3.49. The van der Waals surface area contributed by atoms with E-state index >= 15 is 0 Å². The van der Waals surface area contributed by atoms with E-state index in [1.165, 1.54) is 11.1 Å². The highest BCUT2D eigenvalue weighted by Gasteiger charge is 2.27. The number of piperazine rings is 1. The second kappa shape index (κ2) is 9.05. The Bertz CT molecular complexity index is 934. The van der Waals surface area contributed by atoms with Gasteiger partial charge >= 0.3 is 0 Å². The van der Waals surface area contributed by atoms with E-state index in [-0.39, 0.29) is 11.9 Å². The van der Waals surface area contributed by atoms with Crippen molar-refractivity contribution in [1.29, 1.82) is 0 Å². The maximum absolute atomic E-state index is 13.0. The molecule has 0 saturated carbocycles. The minimum absolute atomic E-state index is 0.0756. The van der Waals surface area contributed by atoms with Crippen molar-refractivity contribution in [3.63, 3.8) is 0 Å². The van der Waals surface area contributed by atoms with Crippen LogP contribution in [-0.4, -0.2) is 35.4 Å². The lowest BCUT2D eigenvalue weighted by Gasteiger charge is -2.36. The van der Waals surface area contributed by atoms with Gasteiger partial charge < -0.3 is 14.6 Å². The van der Waals surface area contributed by atoms with E-state index in [0.29, 0.717) is 18.7 Å². The lowest BCUT2D eigenvalue weighted by atomic mass is 10.0. The van der Waals surface area contributed by atoms with Gasteiger partial charge in [-0.3, -0.25) is 4.79 Å². The molecule has 1 unspecified atom stereocenters. The zero-order valence-corrected chi connectivity index (χ0v) is 16.8. The molecule has 2 heterocycles. The highest BCUT2D eigenvalue weighted by molar-refractivity contribution is 5.77. The average Bonchev–Trinajstić information content (AvgIpc) is 3.27. The van der Waals surface area contributed by atoms with Crippen LogP contribution < -0.4 is 5.32 Å². The van der Waals surface area contributed by atoms with Crippen molar-refractivity contribution >= 4 is 5.91 Å². The molecule has 0 spiro atoms. The third-order valence-electron chi connectivity index (χ3n) is 5.50. The molecule has 1 N–H and O–H groups in total. The molecule has 1 aliphatic rings. The van der Waals surface area contributed by atoms with Crippen molar-refractivity contribution in [3.8, 4) is 11.3 Å². The quantitative estimate of drug-likeness (QED) is 0.692. The molecule has 1 aromatic heterocycles. The van der Waals surface area contributed by atoms with E-state index < -0.39 is 0 Å². The largest absolute Gasteiger partial charge is 0.441 e. The van der Waals surface area contributed by atoms with Crippen LogP contribution in [0.4, 0.5) is 0 Å². The minimum Gasteiger partial charge on any atom is -0.441 e. The summed E-state index contributed by atoms with van der Waals surface area (Å²) in [6, 6.07) is 18.6. The summed E-state index contributed by atoms with van der Waals surface area (Å²) >= 11 is 0. The summed E-state index contributed by atoms with van der Waals surface area (Å²) in [4.78, 5) is 19.3. The van der Waals surface area contributed by atoms with E-state index in [0.717, 1.165) is 37.4 Å². The van der Waals surface area contributed by atoms with Crippen molar-refractivity contribution in [3.05, 3.63) is 77.8 Å². The van der Waals surface area contributed by atoms with Crippen LogP contribution in [0.25, 0.3) is 11.3 Å². The molecule has 29 heavy (non-hydrogen) atoms. The summed E-state index contributed by atoms with van der Waals surface area (Å²) in [7, 11) is 0. The molecule has 1 aliphatic heterocycles. The highest BCUT2D eigenvalue weighted by atomic mass is 16.4. The second-order valence-electron chi connectivity index (χ2n) is 7.39. The fourth-order valence-corrected chi connectivity index (χ4v) is 3.80. The van der Waals surface area contributed by atoms with Gasteiger partial charge in [0, 0.05) is 38.0 Å². The van der Waals surface area contributed by atoms with Gasteiger partial charge in [-0.05, 0) is 17.5 Å². The minimum atomic E-state index is 0.0756. The molecule has 0 bridgehead atoms. The summed E-state index contributed by atoms with van der Waals surface area (Å²) < 4.78 is 5.85. The Morgan fingerprint density at radius 1 is 1.17 bits per heavy atom. The van der Waals surface area contributed by atoms with Gasteiger partial charge in [0.15, 0.2) is 11.7 Å². The first-order valence-corrected chi connectivity index (χ1v) is 10.3. The topological polar surface area (TPSA) is 58.4 Å². The fourth-order valence-electron chi connectivity index (χ4n) is 3.80. The summed E-state index contributed by atoms with van der Waals surface area (Å²) in [6.45, 7) is 4.49.